The van der Waals surface area contributed by atoms with Crippen molar-refractivity contribution < 1.29 is 9.53 Å². The van der Waals surface area contributed by atoms with Crippen LogP contribution in [0.5, 0.6) is 0 Å². The maximum absolute atomic E-state index is 12.1. The van der Waals surface area contributed by atoms with E-state index in [1.807, 2.05) is 24.3 Å². The number of nitrogens with zero attached hydrogens (tertiary/aromatic N) is 2. The summed E-state index contributed by atoms with van der Waals surface area (Å²) in [5.74, 6) is -0.0985. The Balaban J connectivity index is 1.40. The zero-order valence-corrected chi connectivity index (χ0v) is 14.7. The Kier molecular flexibility index (Phi) is 6.37. The molecule has 5 heteroatoms. The van der Waals surface area contributed by atoms with Crippen LogP contribution in [0.25, 0.3) is 0 Å². The van der Waals surface area contributed by atoms with Crippen LogP contribution < -0.4 is 5.32 Å². The van der Waals surface area contributed by atoms with Gasteiger partial charge in [-0.05, 0) is 36.2 Å². The van der Waals surface area contributed by atoms with Gasteiger partial charge in [-0.15, -0.1) is 0 Å². The van der Waals surface area contributed by atoms with Crippen molar-refractivity contribution in [3.8, 4) is 6.07 Å². The molecule has 0 saturated carbocycles. The predicted molar refractivity (Wildman–Crippen MR) is 99.7 cm³/mol. The lowest BCUT2D eigenvalue weighted by Gasteiger charge is -2.33. The number of hydrogen-bond donors (Lipinski definition) is 1. The van der Waals surface area contributed by atoms with E-state index in [0.717, 1.165) is 32.7 Å². The fourth-order valence-corrected chi connectivity index (χ4v) is 3.08. The lowest BCUT2D eigenvalue weighted by atomic mass is 10.1. The van der Waals surface area contributed by atoms with Crippen molar-refractivity contribution in [1.82, 2.24) is 10.2 Å². The molecule has 0 unspecified atom stereocenters. The highest BCUT2D eigenvalue weighted by atomic mass is 16.5. The molecule has 1 amide bonds. The second kappa shape index (κ2) is 9.14. The summed E-state index contributed by atoms with van der Waals surface area (Å²) in [4.78, 5) is 14.5. The Morgan fingerprint density at radius 2 is 1.96 bits per heavy atom. The van der Waals surface area contributed by atoms with Gasteiger partial charge in [0.05, 0.1) is 24.3 Å². The molecule has 0 spiro atoms. The van der Waals surface area contributed by atoms with E-state index in [-0.39, 0.29) is 12.0 Å². The molecule has 0 aromatic heterocycles. The van der Waals surface area contributed by atoms with Crippen LogP contribution in [-0.2, 0) is 4.74 Å². The van der Waals surface area contributed by atoms with Crippen molar-refractivity contribution in [1.29, 1.82) is 5.26 Å². The Morgan fingerprint density at radius 1 is 1.19 bits per heavy atom. The van der Waals surface area contributed by atoms with Gasteiger partial charge in [-0.2, -0.15) is 5.26 Å². The van der Waals surface area contributed by atoms with E-state index >= 15 is 0 Å². The van der Waals surface area contributed by atoms with Gasteiger partial charge < -0.3 is 10.1 Å². The smallest absolute Gasteiger partial charge is 0.251 e. The number of carbonyl (C=O) groups excluding carboxylic acids is 1. The van der Waals surface area contributed by atoms with Crippen LogP contribution in [0.4, 0.5) is 0 Å². The molecule has 0 aliphatic carbocycles. The van der Waals surface area contributed by atoms with Gasteiger partial charge in [0, 0.05) is 31.7 Å². The van der Waals surface area contributed by atoms with Crippen LogP contribution >= 0.6 is 0 Å². The summed E-state index contributed by atoms with van der Waals surface area (Å²) in [6, 6.07) is 19.0. The zero-order valence-electron chi connectivity index (χ0n) is 14.7. The molecule has 5 nitrogen and oxygen atoms in total. The average Bonchev–Trinajstić information content (AvgIpc) is 2.72. The van der Waals surface area contributed by atoms with Crippen molar-refractivity contribution in [2.24, 2.45) is 0 Å². The summed E-state index contributed by atoms with van der Waals surface area (Å²) in [5, 5.41) is 11.7. The van der Waals surface area contributed by atoms with Crippen molar-refractivity contribution in [2.45, 2.75) is 12.5 Å². The molecule has 0 bridgehead atoms. The molecule has 0 radical (unpaired) electrons. The van der Waals surface area contributed by atoms with Gasteiger partial charge in [0.15, 0.2) is 0 Å². The highest BCUT2D eigenvalue weighted by Crippen LogP contribution is 2.21. The molecule has 134 valence electrons. The van der Waals surface area contributed by atoms with Gasteiger partial charge in [0.25, 0.3) is 5.91 Å². The number of morpholine rings is 1. The first-order valence-corrected chi connectivity index (χ1v) is 8.93. The van der Waals surface area contributed by atoms with Crippen molar-refractivity contribution in [2.75, 3.05) is 32.8 Å². The van der Waals surface area contributed by atoms with Crippen LogP contribution in [0.1, 0.15) is 34.0 Å². The second-order valence-electron chi connectivity index (χ2n) is 6.37. The first-order valence-electron chi connectivity index (χ1n) is 8.93. The number of benzene rings is 2. The molecule has 1 aliphatic rings. The number of ether oxygens (including phenoxy) is 1. The molecule has 1 saturated heterocycles. The largest absolute Gasteiger partial charge is 0.371 e. The summed E-state index contributed by atoms with van der Waals surface area (Å²) in [6.45, 7) is 4.10. The fourth-order valence-electron chi connectivity index (χ4n) is 3.08. The van der Waals surface area contributed by atoms with E-state index in [4.69, 9.17) is 10.00 Å². The summed E-state index contributed by atoms with van der Waals surface area (Å²) >= 11 is 0. The van der Waals surface area contributed by atoms with Gasteiger partial charge in [-0.3, -0.25) is 9.69 Å². The predicted octanol–water partition coefficient (Wildman–Crippen LogP) is 2.75. The number of rotatable bonds is 6. The highest BCUT2D eigenvalue weighted by molar-refractivity contribution is 5.94. The molecule has 1 fully saturated rings. The molecule has 1 heterocycles. The minimum absolute atomic E-state index is 0.0985. The third kappa shape index (κ3) is 4.92. The van der Waals surface area contributed by atoms with Gasteiger partial charge in [-0.25, -0.2) is 0 Å². The van der Waals surface area contributed by atoms with E-state index in [2.05, 4.69) is 22.3 Å². The minimum atomic E-state index is -0.0985. The molecule has 2 aromatic carbocycles. The Hall–Kier alpha value is -2.68. The quantitative estimate of drug-likeness (QED) is 0.815. The summed E-state index contributed by atoms with van der Waals surface area (Å²) < 4.78 is 5.88. The van der Waals surface area contributed by atoms with Crippen LogP contribution in [0.2, 0.25) is 0 Å². The Morgan fingerprint density at radius 3 is 2.69 bits per heavy atom. The minimum Gasteiger partial charge on any atom is -0.371 e. The lowest BCUT2D eigenvalue weighted by molar-refractivity contribution is -0.0301. The first-order chi connectivity index (χ1) is 12.8. The maximum Gasteiger partial charge on any atom is 0.251 e. The normalized spacial score (nSPS) is 17.4. The molecule has 2 aromatic rings. The second-order valence-corrected chi connectivity index (χ2v) is 6.37. The van der Waals surface area contributed by atoms with Crippen molar-refractivity contribution >= 4 is 5.91 Å². The summed E-state index contributed by atoms with van der Waals surface area (Å²) in [5.41, 5.74) is 2.35. The molecule has 3 rings (SSSR count). The number of carbonyl (C=O) groups is 1. The SMILES string of the molecule is N#Cc1ccc(C(=O)NCCCN2CCO[C@@H](c3ccccc3)C2)cc1. The van der Waals surface area contributed by atoms with E-state index in [0.29, 0.717) is 17.7 Å². The van der Waals surface area contributed by atoms with Gasteiger partial charge in [0.1, 0.15) is 0 Å². The number of amides is 1. The Labute approximate surface area is 154 Å². The molecule has 1 aliphatic heterocycles. The standard InChI is InChI=1S/C21H23N3O2/c22-15-17-7-9-19(10-8-17)21(25)23-11-4-12-24-13-14-26-20(16-24)18-5-2-1-3-6-18/h1-3,5-10,20H,4,11-14,16H2,(H,23,25)/t20-/m1/s1. The molecular formula is C21H23N3O2. The molecular weight excluding hydrogens is 326 g/mol. The number of hydrogen-bond acceptors (Lipinski definition) is 4. The third-order valence-electron chi connectivity index (χ3n) is 4.53. The number of nitrogens with one attached hydrogen (secondary N) is 1. The van der Waals surface area contributed by atoms with Crippen LogP contribution in [0, 0.1) is 11.3 Å². The van der Waals surface area contributed by atoms with Gasteiger partial charge in [-0.1, -0.05) is 30.3 Å². The topological polar surface area (TPSA) is 65.4 Å². The average molecular weight is 349 g/mol. The zero-order chi connectivity index (χ0) is 18.2. The molecule has 26 heavy (non-hydrogen) atoms. The molecule has 1 atom stereocenters. The van der Waals surface area contributed by atoms with E-state index < -0.39 is 0 Å². The van der Waals surface area contributed by atoms with Crippen molar-refractivity contribution in [3.63, 3.8) is 0 Å². The van der Waals surface area contributed by atoms with Crippen LogP contribution in [0.3, 0.4) is 0 Å². The summed E-state index contributed by atoms with van der Waals surface area (Å²) in [6.07, 6.45) is 1.02. The monoisotopic (exact) mass is 349 g/mol. The Bertz CT molecular complexity index is 753. The lowest BCUT2D eigenvalue weighted by Crippen LogP contribution is -2.39. The van der Waals surface area contributed by atoms with Crippen LogP contribution in [0.15, 0.2) is 54.6 Å². The van der Waals surface area contributed by atoms with Crippen molar-refractivity contribution in [3.05, 3.63) is 71.3 Å². The van der Waals surface area contributed by atoms with E-state index in [1.54, 1.807) is 24.3 Å². The number of nitriles is 1. The summed E-state index contributed by atoms with van der Waals surface area (Å²) in [7, 11) is 0. The van der Waals surface area contributed by atoms with E-state index in [9.17, 15) is 4.79 Å². The van der Waals surface area contributed by atoms with Gasteiger partial charge in [0.2, 0.25) is 0 Å². The highest BCUT2D eigenvalue weighted by Gasteiger charge is 2.21. The fraction of sp³-hybridized carbons (Fsp3) is 0.333. The van der Waals surface area contributed by atoms with E-state index in [1.165, 1.54) is 5.56 Å². The first kappa shape index (κ1) is 18.1. The van der Waals surface area contributed by atoms with Gasteiger partial charge >= 0.3 is 0 Å². The molecule has 1 N–H and O–H groups in total. The maximum atomic E-state index is 12.1. The van der Waals surface area contributed by atoms with Crippen LogP contribution in [-0.4, -0.2) is 43.6 Å². The third-order valence-corrected chi connectivity index (χ3v) is 4.53.